The summed E-state index contributed by atoms with van der Waals surface area (Å²) in [5.74, 6) is -0.249. The molecule has 1 aromatic heterocycles. The number of nitrogens with zero attached hydrogens (tertiary/aromatic N) is 4. The molecular weight excluding hydrogens is 444 g/mol. The molecule has 1 amide bonds. The van der Waals surface area contributed by atoms with Gasteiger partial charge in [-0.1, -0.05) is 29.0 Å². The zero-order valence-electron chi connectivity index (χ0n) is 17.2. The van der Waals surface area contributed by atoms with E-state index in [4.69, 9.17) is 11.6 Å². The van der Waals surface area contributed by atoms with Crippen molar-refractivity contribution < 1.29 is 13.2 Å². The lowest BCUT2D eigenvalue weighted by Crippen LogP contribution is -2.36. The molecule has 0 aliphatic carbocycles. The summed E-state index contributed by atoms with van der Waals surface area (Å²) in [6.45, 7) is 1.07. The third kappa shape index (κ3) is 4.65. The maximum Gasteiger partial charge on any atom is 0.260 e. The van der Waals surface area contributed by atoms with Gasteiger partial charge in [0, 0.05) is 32.7 Å². The van der Waals surface area contributed by atoms with Crippen LogP contribution in [0.15, 0.2) is 47.4 Å². The van der Waals surface area contributed by atoms with Gasteiger partial charge in [-0.25, -0.2) is 17.7 Å². The molecule has 3 aromatic rings. The van der Waals surface area contributed by atoms with E-state index in [9.17, 15) is 13.2 Å². The van der Waals surface area contributed by atoms with Crippen molar-refractivity contribution in [1.82, 2.24) is 14.2 Å². The second-order valence-electron chi connectivity index (χ2n) is 7.15. The second kappa shape index (κ2) is 8.99. The molecule has 0 saturated carbocycles. The number of amides is 1. The van der Waals surface area contributed by atoms with Crippen LogP contribution in [0.3, 0.4) is 0 Å². The summed E-state index contributed by atoms with van der Waals surface area (Å²) in [6, 6.07) is 11.5. The van der Waals surface area contributed by atoms with Crippen molar-refractivity contribution in [3.05, 3.63) is 53.1 Å². The van der Waals surface area contributed by atoms with Crippen LogP contribution in [-0.4, -0.2) is 69.8 Å². The first-order valence-electron chi connectivity index (χ1n) is 9.15. The van der Waals surface area contributed by atoms with Crippen LogP contribution in [0.2, 0.25) is 5.02 Å². The normalized spacial score (nSPS) is 12.1. The van der Waals surface area contributed by atoms with Crippen LogP contribution in [0.1, 0.15) is 10.4 Å². The van der Waals surface area contributed by atoms with Crippen molar-refractivity contribution in [2.75, 3.05) is 46.2 Å². The molecular formula is C20H23ClN4O3S2. The first kappa shape index (κ1) is 22.6. The minimum Gasteiger partial charge on any atom is -0.308 e. The molecule has 3 rings (SSSR count). The SMILES string of the molecule is CN(C)CCN(C(=O)c1ccc(S(=O)(=O)N(C)C)cc1)c1nc2c(Cl)cccc2s1. The third-order valence-electron chi connectivity index (χ3n) is 4.49. The number of anilines is 1. The molecule has 0 N–H and O–H groups in total. The number of para-hydroxylation sites is 1. The summed E-state index contributed by atoms with van der Waals surface area (Å²) in [4.78, 5) is 21.6. The third-order valence-corrected chi connectivity index (χ3v) is 7.66. The molecule has 0 aliphatic heterocycles. The number of hydrogen-bond donors (Lipinski definition) is 0. The summed E-state index contributed by atoms with van der Waals surface area (Å²) in [6.07, 6.45) is 0. The highest BCUT2D eigenvalue weighted by Crippen LogP contribution is 2.33. The van der Waals surface area contributed by atoms with E-state index in [0.29, 0.717) is 34.3 Å². The van der Waals surface area contributed by atoms with Gasteiger partial charge in [-0.3, -0.25) is 9.69 Å². The Morgan fingerprint density at radius 3 is 2.27 bits per heavy atom. The Hall–Kier alpha value is -2.04. The zero-order valence-corrected chi connectivity index (χ0v) is 19.6. The molecule has 160 valence electrons. The van der Waals surface area contributed by atoms with Gasteiger partial charge >= 0.3 is 0 Å². The average Bonchev–Trinajstić information content (AvgIpc) is 3.13. The lowest BCUT2D eigenvalue weighted by Gasteiger charge is -2.22. The maximum absolute atomic E-state index is 13.3. The predicted octanol–water partition coefficient (Wildman–Crippen LogP) is 3.41. The second-order valence-corrected chi connectivity index (χ2v) is 10.7. The fraction of sp³-hybridized carbons (Fsp3) is 0.300. The fourth-order valence-corrected chi connectivity index (χ4v) is 4.93. The van der Waals surface area contributed by atoms with Gasteiger partial charge in [-0.15, -0.1) is 0 Å². The largest absolute Gasteiger partial charge is 0.308 e. The quantitative estimate of drug-likeness (QED) is 0.533. The van der Waals surface area contributed by atoms with Crippen LogP contribution in [0.25, 0.3) is 10.2 Å². The van der Waals surface area contributed by atoms with Gasteiger partial charge in [0.15, 0.2) is 5.13 Å². The van der Waals surface area contributed by atoms with Crippen LogP contribution >= 0.6 is 22.9 Å². The van der Waals surface area contributed by atoms with Crippen molar-refractivity contribution >= 4 is 54.2 Å². The monoisotopic (exact) mass is 466 g/mol. The number of carbonyl (C=O) groups is 1. The highest BCUT2D eigenvalue weighted by atomic mass is 35.5. The minimum absolute atomic E-state index is 0.135. The molecule has 30 heavy (non-hydrogen) atoms. The molecule has 0 atom stereocenters. The summed E-state index contributed by atoms with van der Waals surface area (Å²) < 4.78 is 26.6. The van der Waals surface area contributed by atoms with Crippen LogP contribution in [-0.2, 0) is 10.0 Å². The van der Waals surface area contributed by atoms with Gasteiger partial charge in [0.2, 0.25) is 10.0 Å². The Balaban J connectivity index is 1.97. The van der Waals surface area contributed by atoms with Crippen molar-refractivity contribution in [3.8, 4) is 0 Å². The summed E-state index contributed by atoms with van der Waals surface area (Å²) in [5, 5.41) is 1.09. The Kier molecular flexibility index (Phi) is 6.78. The lowest BCUT2D eigenvalue weighted by molar-refractivity contribution is 0.0985. The van der Waals surface area contributed by atoms with Crippen LogP contribution < -0.4 is 4.90 Å². The van der Waals surface area contributed by atoms with Crippen LogP contribution in [0.4, 0.5) is 5.13 Å². The highest BCUT2D eigenvalue weighted by Gasteiger charge is 2.23. The number of carbonyl (C=O) groups excluding carboxylic acids is 1. The Morgan fingerprint density at radius 1 is 1.03 bits per heavy atom. The molecule has 7 nitrogen and oxygen atoms in total. The van der Waals surface area contributed by atoms with E-state index in [-0.39, 0.29) is 10.8 Å². The Bertz CT molecular complexity index is 1160. The number of sulfonamides is 1. The predicted molar refractivity (Wildman–Crippen MR) is 122 cm³/mol. The molecule has 0 bridgehead atoms. The van der Waals surface area contributed by atoms with E-state index < -0.39 is 10.0 Å². The van der Waals surface area contributed by atoms with Crippen LogP contribution in [0, 0.1) is 0 Å². The van der Waals surface area contributed by atoms with Gasteiger partial charge in [-0.05, 0) is 50.5 Å². The average molecular weight is 467 g/mol. The van der Waals surface area contributed by atoms with E-state index in [1.807, 2.05) is 31.1 Å². The van der Waals surface area contributed by atoms with Gasteiger partial charge < -0.3 is 4.90 Å². The van der Waals surface area contributed by atoms with Crippen molar-refractivity contribution in [2.45, 2.75) is 4.90 Å². The number of halogens is 1. The first-order chi connectivity index (χ1) is 14.1. The number of benzene rings is 2. The summed E-state index contributed by atoms with van der Waals surface area (Å²) in [7, 11) is 3.24. The lowest BCUT2D eigenvalue weighted by atomic mass is 10.2. The molecule has 0 unspecified atom stereocenters. The van der Waals surface area contributed by atoms with Gasteiger partial charge in [0.1, 0.15) is 5.52 Å². The van der Waals surface area contributed by atoms with Gasteiger partial charge in [0.05, 0.1) is 14.6 Å². The van der Waals surface area contributed by atoms with E-state index in [1.165, 1.54) is 49.7 Å². The van der Waals surface area contributed by atoms with E-state index in [0.717, 1.165) is 9.01 Å². The van der Waals surface area contributed by atoms with Crippen LogP contribution in [0.5, 0.6) is 0 Å². The number of likely N-dealkylation sites (N-methyl/N-ethyl adjacent to an activating group) is 1. The highest BCUT2D eigenvalue weighted by molar-refractivity contribution is 7.89. The summed E-state index contributed by atoms with van der Waals surface area (Å²) in [5.41, 5.74) is 1.05. The van der Waals surface area contributed by atoms with Crippen molar-refractivity contribution in [1.29, 1.82) is 0 Å². The topological polar surface area (TPSA) is 73.8 Å². The van der Waals surface area contributed by atoms with E-state index in [1.54, 1.807) is 11.0 Å². The molecule has 0 fully saturated rings. The zero-order chi connectivity index (χ0) is 22.1. The van der Waals surface area contributed by atoms with Crippen molar-refractivity contribution in [3.63, 3.8) is 0 Å². The Labute approximate surface area is 185 Å². The fourth-order valence-electron chi connectivity index (χ4n) is 2.74. The minimum atomic E-state index is -3.56. The molecule has 1 heterocycles. The Morgan fingerprint density at radius 2 is 1.70 bits per heavy atom. The molecule has 10 heteroatoms. The molecule has 2 aromatic carbocycles. The van der Waals surface area contributed by atoms with Gasteiger partial charge in [-0.2, -0.15) is 0 Å². The number of aromatic nitrogens is 1. The maximum atomic E-state index is 13.3. The number of thiazole rings is 1. The molecule has 0 aliphatic rings. The molecule has 0 radical (unpaired) electrons. The number of fused-ring (bicyclic) bond motifs is 1. The van der Waals surface area contributed by atoms with Gasteiger partial charge in [0.25, 0.3) is 5.91 Å². The van der Waals surface area contributed by atoms with E-state index >= 15 is 0 Å². The molecule has 0 spiro atoms. The van der Waals surface area contributed by atoms with Crippen molar-refractivity contribution in [2.24, 2.45) is 0 Å². The molecule has 0 saturated heterocycles. The smallest absolute Gasteiger partial charge is 0.260 e. The van der Waals surface area contributed by atoms with E-state index in [2.05, 4.69) is 4.98 Å². The first-order valence-corrected chi connectivity index (χ1v) is 11.8. The number of hydrogen-bond acceptors (Lipinski definition) is 6. The number of rotatable bonds is 7. The standard InChI is InChI=1S/C20H23ClN4O3S2/c1-23(2)12-13-25(20-22-18-16(21)6-5-7-17(18)29-20)19(26)14-8-10-15(11-9-14)30(27,28)24(3)4/h5-11H,12-13H2,1-4H3. The summed E-state index contributed by atoms with van der Waals surface area (Å²) >= 11 is 7.65.